The minimum atomic E-state index is 0.487. The van der Waals surface area contributed by atoms with Crippen molar-refractivity contribution in [3.8, 4) is 5.75 Å². The number of para-hydroxylation sites is 1. The summed E-state index contributed by atoms with van der Waals surface area (Å²) < 4.78 is 5.65. The molecule has 2 aromatic rings. The van der Waals surface area contributed by atoms with Gasteiger partial charge in [0, 0.05) is 13.0 Å². The van der Waals surface area contributed by atoms with Crippen molar-refractivity contribution < 1.29 is 4.74 Å². The summed E-state index contributed by atoms with van der Waals surface area (Å²) in [6, 6.07) is 9.78. The third kappa shape index (κ3) is 5.27. The Morgan fingerprint density at radius 1 is 1.15 bits per heavy atom. The van der Waals surface area contributed by atoms with E-state index in [4.69, 9.17) is 4.74 Å². The number of rotatable bonds is 8. The molecule has 0 radical (unpaired) electrons. The SMILES string of the molecule is CC(C)CNCCc1nnc(COc2ccccc2)s1. The number of nitrogens with one attached hydrogen (secondary N) is 1. The number of hydrogen-bond donors (Lipinski definition) is 1. The summed E-state index contributed by atoms with van der Waals surface area (Å²) in [6.07, 6.45) is 0.926. The Kier molecular flexibility index (Phi) is 5.95. The van der Waals surface area contributed by atoms with Gasteiger partial charge < -0.3 is 10.1 Å². The van der Waals surface area contributed by atoms with Crippen LogP contribution in [0.25, 0.3) is 0 Å². The molecular formula is C15H21N3OS. The highest BCUT2D eigenvalue weighted by molar-refractivity contribution is 7.11. The van der Waals surface area contributed by atoms with E-state index in [2.05, 4.69) is 29.4 Å². The van der Waals surface area contributed by atoms with E-state index >= 15 is 0 Å². The van der Waals surface area contributed by atoms with E-state index in [9.17, 15) is 0 Å². The molecule has 1 aromatic carbocycles. The summed E-state index contributed by atoms with van der Waals surface area (Å²) in [5.41, 5.74) is 0. The molecule has 0 saturated carbocycles. The van der Waals surface area contributed by atoms with Gasteiger partial charge in [-0.25, -0.2) is 0 Å². The van der Waals surface area contributed by atoms with Crippen molar-refractivity contribution in [2.24, 2.45) is 5.92 Å². The van der Waals surface area contributed by atoms with Gasteiger partial charge in [0.25, 0.3) is 0 Å². The van der Waals surface area contributed by atoms with Crippen LogP contribution in [-0.2, 0) is 13.0 Å². The Hall–Kier alpha value is -1.46. The van der Waals surface area contributed by atoms with Crippen molar-refractivity contribution in [3.05, 3.63) is 40.3 Å². The maximum Gasteiger partial charge on any atom is 0.155 e. The standard InChI is InChI=1S/C15H21N3OS/c1-12(2)10-16-9-8-14-17-18-15(20-14)11-19-13-6-4-3-5-7-13/h3-7,12,16H,8-11H2,1-2H3. The zero-order valence-corrected chi connectivity index (χ0v) is 12.8. The maximum atomic E-state index is 5.65. The van der Waals surface area contributed by atoms with Crippen LogP contribution in [0.15, 0.2) is 30.3 Å². The van der Waals surface area contributed by atoms with Crippen molar-refractivity contribution in [2.75, 3.05) is 13.1 Å². The first kappa shape index (κ1) is 14.9. The highest BCUT2D eigenvalue weighted by Crippen LogP contribution is 2.14. The van der Waals surface area contributed by atoms with Gasteiger partial charge in [0.1, 0.15) is 17.4 Å². The Morgan fingerprint density at radius 2 is 1.90 bits per heavy atom. The van der Waals surface area contributed by atoms with Crippen LogP contribution < -0.4 is 10.1 Å². The summed E-state index contributed by atoms with van der Waals surface area (Å²) in [5.74, 6) is 1.54. The average Bonchev–Trinajstić information content (AvgIpc) is 2.90. The lowest BCUT2D eigenvalue weighted by Crippen LogP contribution is -2.22. The summed E-state index contributed by atoms with van der Waals surface area (Å²) in [5, 5.41) is 13.7. The molecule has 20 heavy (non-hydrogen) atoms. The molecule has 0 unspecified atom stereocenters. The van der Waals surface area contributed by atoms with Gasteiger partial charge in [0.15, 0.2) is 5.01 Å². The minimum Gasteiger partial charge on any atom is -0.486 e. The van der Waals surface area contributed by atoms with E-state index in [0.717, 1.165) is 35.3 Å². The number of ether oxygens (including phenoxy) is 1. The molecular weight excluding hydrogens is 270 g/mol. The topological polar surface area (TPSA) is 47.0 Å². The van der Waals surface area contributed by atoms with Gasteiger partial charge in [-0.2, -0.15) is 0 Å². The maximum absolute atomic E-state index is 5.65. The van der Waals surface area contributed by atoms with Crippen molar-refractivity contribution >= 4 is 11.3 Å². The lowest BCUT2D eigenvalue weighted by molar-refractivity contribution is 0.304. The van der Waals surface area contributed by atoms with E-state index in [-0.39, 0.29) is 0 Å². The molecule has 0 bridgehead atoms. The van der Waals surface area contributed by atoms with Crippen LogP contribution in [0.4, 0.5) is 0 Å². The molecule has 0 fully saturated rings. The highest BCUT2D eigenvalue weighted by atomic mass is 32.1. The van der Waals surface area contributed by atoms with Gasteiger partial charge >= 0.3 is 0 Å². The fourth-order valence-electron chi connectivity index (χ4n) is 1.70. The Morgan fingerprint density at radius 3 is 2.65 bits per heavy atom. The summed E-state index contributed by atoms with van der Waals surface area (Å²) in [7, 11) is 0. The zero-order valence-electron chi connectivity index (χ0n) is 12.0. The fourth-order valence-corrected chi connectivity index (χ4v) is 2.45. The van der Waals surface area contributed by atoms with Gasteiger partial charge in [0.05, 0.1) is 0 Å². The van der Waals surface area contributed by atoms with Crippen molar-refractivity contribution in [1.82, 2.24) is 15.5 Å². The van der Waals surface area contributed by atoms with Gasteiger partial charge in [-0.15, -0.1) is 10.2 Å². The molecule has 0 aliphatic carbocycles. The molecule has 1 heterocycles. The molecule has 0 spiro atoms. The lowest BCUT2D eigenvalue weighted by atomic mass is 10.2. The van der Waals surface area contributed by atoms with Crippen LogP contribution in [-0.4, -0.2) is 23.3 Å². The first-order chi connectivity index (χ1) is 9.74. The number of hydrogen-bond acceptors (Lipinski definition) is 5. The molecule has 0 aliphatic heterocycles. The molecule has 0 atom stereocenters. The van der Waals surface area contributed by atoms with Crippen molar-refractivity contribution in [1.29, 1.82) is 0 Å². The van der Waals surface area contributed by atoms with E-state index in [1.54, 1.807) is 11.3 Å². The highest BCUT2D eigenvalue weighted by Gasteiger charge is 2.05. The Balaban J connectivity index is 1.72. The summed E-state index contributed by atoms with van der Waals surface area (Å²) >= 11 is 1.62. The molecule has 5 heteroatoms. The molecule has 108 valence electrons. The number of aromatic nitrogens is 2. The van der Waals surface area contributed by atoms with E-state index < -0.39 is 0 Å². The molecule has 1 aromatic heterocycles. The second kappa shape index (κ2) is 7.97. The number of benzene rings is 1. The molecule has 0 saturated heterocycles. The van der Waals surface area contributed by atoms with Crippen LogP contribution in [0.3, 0.4) is 0 Å². The third-order valence-electron chi connectivity index (χ3n) is 2.68. The predicted octanol–water partition coefficient (Wildman–Crippen LogP) is 2.91. The van der Waals surface area contributed by atoms with Crippen LogP contribution in [0, 0.1) is 5.92 Å². The fraction of sp³-hybridized carbons (Fsp3) is 0.467. The Bertz CT molecular complexity index is 499. The second-order valence-electron chi connectivity index (χ2n) is 5.04. The quantitative estimate of drug-likeness (QED) is 0.760. The largest absolute Gasteiger partial charge is 0.486 e. The molecule has 2 rings (SSSR count). The predicted molar refractivity (Wildman–Crippen MR) is 82.1 cm³/mol. The molecule has 0 amide bonds. The van der Waals surface area contributed by atoms with Crippen molar-refractivity contribution in [2.45, 2.75) is 26.9 Å². The van der Waals surface area contributed by atoms with Gasteiger partial charge in [-0.3, -0.25) is 0 Å². The van der Waals surface area contributed by atoms with E-state index in [0.29, 0.717) is 12.5 Å². The van der Waals surface area contributed by atoms with E-state index in [1.807, 2.05) is 30.3 Å². The minimum absolute atomic E-state index is 0.487. The van der Waals surface area contributed by atoms with Gasteiger partial charge in [-0.1, -0.05) is 43.4 Å². The summed E-state index contributed by atoms with van der Waals surface area (Å²) in [6.45, 7) is 6.89. The smallest absolute Gasteiger partial charge is 0.155 e. The van der Waals surface area contributed by atoms with Crippen LogP contribution in [0.2, 0.25) is 0 Å². The normalized spacial score (nSPS) is 10.9. The van der Waals surface area contributed by atoms with Crippen LogP contribution in [0.1, 0.15) is 23.9 Å². The van der Waals surface area contributed by atoms with Gasteiger partial charge in [-0.05, 0) is 24.6 Å². The molecule has 4 nitrogen and oxygen atoms in total. The van der Waals surface area contributed by atoms with E-state index in [1.165, 1.54) is 0 Å². The van der Waals surface area contributed by atoms with Crippen LogP contribution in [0.5, 0.6) is 5.75 Å². The third-order valence-corrected chi connectivity index (χ3v) is 3.64. The zero-order chi connectivity index (χ0) is 14.2. The molecule has 0 aliphatic rings. The lowest BCUT2D eigenvalue weighted by Gasteiger charge is -2.05. The van der Waals surface area contributed by atoms with Crippen LogP contribution >= 0.6 is 11.3 Å². The second-order valence-corrected chi connectivity index (χ2v) is 6.19. The monoisotopic (exact) mass is 291 g/mol. The summed E-state index contributed by atoms with van der Waals surface area (Å²) in [4.78, 5) is 0. The van der Waals surface area contributed by atoms with Crippen molar-refractivity contribution in [3.63, 3.8) is 0 Å². The number of nitrogens with zero attached hydrogens (tertiary/aromatic N) is 2. The average molecular weight is 291 g/mol. The first-order valence-electron chi connectivity index (χ1n) is 6.94. The Labute approximate surface area is 124 Å². The first-order valence-corrected chi connectivity index (χ1v) is 7.75. The van der Waals surface area contributed by atoms with Gasteiger partial charge in [0.2, 0.25) is 0 Å². The molecule has 1 N–H and O–H groups in total.